The van der Waals surface area contributed by atoms with Gasteiger partial charge in [-0.25, -0.2) is 0 Å². The summed E-state index contributed by atoms with van der Waals surface area (Å²) in [6.07, 6.45) is 11.1. The van der Waals surface area contributed by atoms with E-state index in [1.54, 1.807) is 0 Å². The minimum atomic E-state index is -0.549. The van der Waals surface area contributed by atoms with E-state index in [1.807, 2.05) is 0 Å². The van der Waals surface area contributed by atoms with E-state index in [0.29, 0.717) is 12.6 Å². The van der Waals surface area contributed by atoms with Gasteiger partial charge in [-0.2, -0.15) is 0 Å². The van der Waals surface area contributed by atoms with E-state index < -0.39 is 5.60 Å². The van der Waals surface area contributed by atoms with Crippen LogP contribution in [0.25, 0.3) is 0 Å². The predicted molar refractivity (Wildman–Crippen MR) is 73.6 cm³/mol. The minimum absolute atomic E-state index is 0.135. The van der Waals surface area contributed by atoms with Crippen LogP contribution in [0.2, 0.25) is 0 Å². The van der Waals surface area contributed by atoms with E-state index in [4.69, 9.17) is 10.5 Å². The maximum atomic E-state index is 11.4. The molecule has 5 unspecified atom stereocenters. The van der Waals surface area contributed by atoms with Crippen LogP contribution in [-0.4, -0.2) is 29.5 Å². The molecule has 0 aromatic carbocycles. The Balaban J connectivity index is 1.61. The molecular formula is C16H27NO2. The van der Waals surface area contributed by atoms with Crippen molar-refractivity contribution in [2.24, 2.45) is 23.0 Å². The van der Waals surface area contributed by atoms with Gasteiger partial charge in [0.05, 0.1) is 17.8 Å². The van der Waals surface area contributed by atoms with E-state index >= 15 is 0 Å². The van der Waals surface area contributed by atoms with Gasteiger partial charge in [0.15, 0.2) is 0 Å². The minimum Gasteiger partial charge on any atom is -0.389 e. The van der Waals surface area contributed by atoms with Crippen molar-refractivity contribution in [3.8, 4) is 0 Å². The number of hydrogen-bond donors (Lipinski definition) is 2. The van der Waals surface area contributed by atoms with Crippen LogP contribution < -0.4 is 5.73 Å². The van der Waals surface area contributed by atoms with Crippen LogP contribution in [0, 0.1) is 17.3 Å². The molecule has 4 fully saturated rings. The summed E-state index contributed by atoms with van der Waals surface area (Å²) in [6.45, 7) is 0.599. The normalized spacial score (nSPS) is 53.7. The second-order valence-corrected chi connectivity index (χ2v) is 7.61. The fourth-order valence-electron chi connectivity index (χ4n) is 5.41. The number of fused-ring (bicyclic) bond motifs is 2. The SMILES string of the molecule is NCC1(C2(O)CCCC(C3CC3)C2)CC2CCC1O2. The van der Waals surface area contributed by atoms with Gasteiger partial charge in [-0.05, 0) is 63.2 Å². The highest BCUT2D eigenvalue weighted by atomic mass is 16.5. The molecule has 3 nitrogen and oxygen atoms in total. The summed E-state index contributed by atoms with van der Waals surface area (Å²) in [6, 6.07) is 0. The molecule has 4 aliphatic rings. The third-order valence-electron chi connectivity index (χ3n) is 6.66. The lowest BCUT2D eigenvalue weighted by Crippen LogP contribution is -2.59. The Kier molecular flexibility index (Phi) is 2.78. The number of hydrogen-bond acceptors (Lipinski definition) is 3. The van der Waals surface area contributed by atoms with Gasteiger partial charge in [-0.3, -0.25) is 0 Å². The molecule has 0 radical (unpaired) electrons. The molecule has 0 amide bonds. The monoisotopic (exact) mass is 265 g/mol. The summed E-state index contributed by atoms with van der Waals surface area (Å²) in [7, 11) is 0. The average molecular weight is 265 g/mol. The molecule has 2 heterocycles. The second-order valence-electron chi connectivity index (χ2n) is 7.61. The lowest BCUT2D eigenvalue weighted by Gasteiger charge is -2.51. The Morgan fingerprint density at radius 2 is 1.89 bits per heavy atom. The summed E-state index contributed by atoms with van der Waals surface area (Å²) in [5, 5.41) is 11.4. The number of aliphatic hydroxyl groups is 1. The van der Waals surface area contributed by atoms with Crippen LogP contribution in [0.15, 0.2) is 0 Å². The first-order valence-electron chi connectivity index (χ1n) is 8.25. The maximum absolute atomic E-state index is 11.4. The fourth-order valence-corrected chi connectivity index (χ4v) is 5.41. The average Bonchev–Trinajstić information content (AvgIpc) is 3.08. The highest BCUT2D eigenvalue weighted by Crippen LogP contribution is 2.59. The van der Waals surface area contributed by atoms with Gasteiger partial charge in [0.25, 0.3) is 0 Å². The quantitative estimate of drug-likeness (QED) is 0.822. The molecule has 4 rings (SSSR count). The zero-order chi connectivity index (χ0) is 13.1. The van der Waals surface area contributed by atoms with Crippen molar-refractivity contribution in [2.45, 2.75) is 75.6 Å². The third kappa shape index (κ3) is 1.74. The van der Waals surface area contributed by atoms with Gasteiger partial charge in [-0.1, -0.05) is 6.42 Å². The molecule has 19 heavy (non-hydrogen) atoms. The first kappa shape index (κ1) is 12.6. The molecule has 2 bridgehead atoms. The molecule has 3 N–H and O–H groups in total. The van der Waals surface area contributed by atoms with Crippen LogP contribution >= 0.6 is 0 Å². The lowest BCUT2D eigenvalue weighted by molar-refractivity contribution is -0.143. The summed E-state index contributed by atoms with van der Waals surface area (Å²) in [4.78, 5) is 0. The maximum Gasteiger partial charge on any atom is 0.0744 e. The third-order valence-corrected chi connectivity index (χ3v) is 6.66. The Morgan fingerprint density at radius 1 is 1.05 bits per heavy atom. The van der Waals surface area contributed by atoms with Crippen molar-refractivity contribution in [1.82, 2.24) is 0 Å². The van der Waals surface area contributed by atoms with Crippen molar-refractivity contribution in [1.29, 1.82) is 0 Å². The molecular weight excluding hydrogens is 238 g/mol. The smallest absolute Gasteiger partial charge is 0.0744 e. The number of rotatable bonds is 3. The molecule has 5 atom stereocenters. The van der Waals surface area contributed by atoms with Crippen LogP contribution in [0.3, 0.4) is 0 Å². The molecule has 0 spiro atoms. The zero-order valence-electron chi connectivity index (χ0n) is 11.8. The molecule has 108 valence electrons. The molecule has 0 aromatic heterocycles. The first-order valence-corrected chi connectivity index (χ1v) is 8.25. The van der Waals surface area contributed by atoms with Crippen molar-refractivity contribution in [2.75, 3.05) is 6.54 Å². The van der Waals surface area contributed by atoms with Crippen molar-refractivity contribution < 1.29 is 9.84 Å². The Hall–Kier alpha value is -0.120. The molecule has 0 aromatic rings. The highest BCUT2D eigenvalue weighted by Gasteiger charge is 2.63. The van der Waals surface area contributed by atoms with Gasteiger partial charge in [-0.15, -0.1) is 0 Å². The summed E-state index contributed by atoms with van der Waals surface area (Å²) < 4.78 is 6.07. The Labute approximate surface area is 115 Å². The van der Waals surface area contributed by atoms with E-state index in [-0.39, 0.29) is 11.5 Å². The summed E-state index contributed by atoms with van der Waals surface area (Å²) >= 11 is 0. The van der Waals surface area contributed by atoms with Crippen LogP contribution in [-0.2, 0) is 4.74 Å². The van der Waals surface area contributed by atoms with E-state index in [1.165, 1.54) is 32.1 Å². The van der Waals surface area contributed by atoms with E-state index in [2.05, 4.69) is 0 Å². The van der Waals surface area contributed by atoms with Gasteiger partial charge in [0, 0.05) is 12.0 Å². The first-order chi connectivity index (χ1) is 9.17. The molecule has 2 aliphatic carbocycles. The van der Waals surface area contributed by atoms with Crippen LogP contribution in [0.1, 0.15) is 57.8 Å². The molecule has 3 heteroatoms. The van der Waals surface area contributed by atoms with E-state index in [0.717, 1.165) is 37.5 Å². The second kappa shape index (κ2) is 4.19. The van der Waals surface area contributed by atoms with Gasteiger partial charge < -0.3 is 15.6 Å². The largest absolute Gasteiger partial charge is 0.389 e. The summed E-state index contributed by atoms with van der Waals surface area (Å²) in [5.41, 5.74) is 5.48. The van der Waals surface area contributed by atoms with Crippen LogP contribution in [0.4, 0.5) is 0 Å². The topological polar surface area (TPSA) is 55.5 Å². The summed E-state index contributed by atoms with van der Waals surface area (Å²) in [5.74, 6) is 1.66. The van der Waals surface area contributed by atoms with Crippen molar-refractivity contribution in [3.63, 3.8) is 0 Å². The predicted octanol–water partition coefficient (Wildman–Crippen LogP) is 2.21. The molecule has 2 saturated heterocycles. The van der Waals surface area contributed by atoms with Crippen LogP contribution in [0.5, 0.6) is 0 Å². The van der Waals surface area contributed by atoms with Crippen molar-refractivity contribution in [3.05, 3.63) is 0 Å². The van der Waals surface area contributed by atoms with Gasteiger partial charge >= 0.3 is 0 Å². The fraction of sp³-hybridized carbons (Fsp3) is 1.00. The van der Waals surface area contributed by atoms with E-state index in [9.17, 15) is 5.11 Å². The Bertz CT molecular complexity index is 370. The molecule has 2 aliphatic heterocycles. The molecule has 2 saturated carbocycles. The van der Waals surface area contributed by atoms with Crippen molar-refractivity contribution >= 4 is 0 Å². The standard InChI is InChI=1S/C16H27NO2/c17-10-15(9-13-5-6-14(15)19-13)16(18)7-1-2-12(8-16)11-3-4-11/h11-14,18H,1-10,17H2. The number of ether oxygens (including phenoxy) is 1. The zero-order valence-corrected chi connectivity index (χ0v) is 11.8. The Morgan fingerprint density at radius 3 is 2.47 bits per heavy atom. The highest BCUT2D eigenvalue weighted by molar-refractivity contribution is 5.13. The van der Waals surface area contributed by atoms with Gasteiger partial charge in [0.1, 0.15) is 0 Å². The van der Waals surface area contributed by atoms with Gasteiger partial charge in [0.2, 0.25) is 0 Å². The lowest BCUT2D eigenvalue weighted by atomic mass is 9.56. The number of nitrogens with two attached hydrogens (primary N) is 1.